The summed E-state index contributed by atoms with van der Waals surface area (Å²) >= 11 is 0. The molecule has 3 unspecified atom stereocenters. The average molecular weight is 267 g/mol. The summed E-state index contributed by atoms with van der Waals surface area (Å²) in [5.41, 5.74) is -0.805. The predicted molar refractivity (Wildman–Crippen MR) is 73.4 cm³/mol. The Morgan fingerprint density at radius 1 is 1.47 bits per heavy atom. The maximum Gasteiger partial charge on any atom is 0.235 e. The van der Waals surface area contributed by atoms with Gasteiger partial charge in [-0.3, -0.25) is 9.69 Å². The maximum absolute atomic E-state index is 12.1. The Labute approximate surface area is 115 Å². The van der Waals surface area contributed by atoms with E-state index in [0.717, 1.165) is 13.1 Å². The molecule has 1 rings (SSSR count). The van der Waals surface area contributed by atoms with Crippen LogP contribution in [0.15, 0.2) is 0 Å². The molecule has 1 amide bonds. The number of morpholine rings is 1. The van der Waals surface area contributed by atoms with E-state index in [-0.39, 0.29) is 24.0 Å². The molecule has 3 atom stereocenters. The van der Waals surface area contributed by atoms with E-state index in [1.54, 1.807) is 6.92 Å². The van der Waals surface area contributed by atoms with E-state index in [9.17, 15) is 10.1 Å². The second-order valence-electron chi connectivity index (χ2n) is 5.97. The lowest BCUT2D eigenvalue weighted by Gasteiger charge is -2.35. The van der Waals surface area contributed by atoms with Crippen molar-refractivity contribution in [1.29, 1.82) is 5.26 Å². The van der Waals surface area contributed by atoms with Gasteiger partial charge in [0.2, 0.25) is 5.91 Å². The standard InChI is InChI=1S/C14H25N3O2/c1-10(2)14(5,9-15)16-13(18)8-17-6-11(3)19-12(4)7-17/h10-12H,6-8H2,1-5H3,(H,16,18). The number of nitrogens with one attached hydrogen (secondary N) is 1. The number of carbonyl (C=O) groups excluding carboxylic acids is 1. The normalized spacial score (nSPS) is 27.6. The van der Waals surface area contributed by atoms with Crippen LogP contribution in [0.25, 0.3) is 0 Å². The molecule has 19 heavy (non-hydrogen) atoms. The van der Waals surface area contributed by atoms with Gasteiger partial charge in [0.25, 0.3) is 0 Å². The second kappa shape index (κ2) is 6.36. The first kappa shape index (κ1) is 15.9. The third-order valence-corrected chi connectivity index (χ3v) is 3.65. The lowest BCUT2D eigenvalue weighted by Crippen LogP contribution is -2.54. The van der Waals surface area contributed by atoms with E-state index >= 15 is 0 Å². The first-order valence-electron chi connectivity index (χ1n) is 6.87. The van der Waals surface area contributed by atoms with E-state index < -0.39 is 5.54 Å². The van der Waals surface area contributed by atoms with Crippen LogP contribution in [-0.2, 0) is 9.53 Å². The van der Waals surface area contributed by atoms with Crippen LogP contribution in [0.1, 0.15) is 34.6 Å². The van der Waals surface area contributed by atoms with E-state index in [1.165, 1.54) is 0 Å². The Morgan fingerprint density at radius 3 is 2.42 bits per heavy atom. The van der Waals surface area contributed by atoms with Crippen LogP contribution in [0.3, 0.4) is 0 Å². The summed E-state index contributed by atoms with van der Waals surface area (Å²) in [6.07, 6.45) is 0.285. The molecule has 1 N–H and O–H groups in total. The number of carbonyl (C=O) groups is 1. The van der Waals surface area contributed by atoms with Gasteiger partial charge in [0.15, 0.2) is 0 Å². The van der Waals surface area contributed by atoms with Crippen LogP contribution in [0.4, 0.5) is 0 Å². The molecule has 0 aliphatic carbocycles. The highest BCUT2D eigenvalue weighted by atomic mass is 16.5. The van der Waals surface area contributed by atoms with Crippen LogP contribution in [0.5, 0.6) is 0 Å². The maximum atomic E-state index is 12.1. The van der Waals surface area contributed by atoms with Crippen LogP contribution in [-0.4, -0.2) is 48.2 Å². The van der Waals surface area contributed by atoms with Gasteiger partial charge in [0.05, 0.1) is 24.8 Å². The molecule has 0 aromatic heterocycles. The highest BCUT2D eigenvalue weighted by molar-refractivity contribution is 5.79. The van der Waals surface area contributed by atoms with E-state index in [1.807, 2.05) is 27.7 Å². The van der Waals surface area contributed by atoms with Crippen molar-refractivity contribution in [3.8, 4) is 6.07 Å². The van der Waals surface area contributed by atoms with Crippen LogP contribution < -0.4 is 5.32 Å². The van der Waals surface area contributed by atoms with Crippen molar-refractivity contribution in [2.75, 3.05) is 19.6 Å². The lowest BCUT2D eigenvalue weighted by atomic mass is 9.90. The minimum atomic E-state index is -0.805. The summed E-state index contributed by atoms with van der Waals surface area (Å²) in [7, 11) is 0. The van der Waals surface area contributed by atoms with Crippen LogP contribution in [0, 0.1) is 17.2 Å². The van der Waals surface area contributed by atoms with Crippen LogP contribution in [0.2, 0.25) is 0 Å². The number of ether oxygens (including phenoxy) is 1. The van der Waals surface area contributed by atoms with Gasteiger partial charge >= 0.3 is 0 Å². The highest BCUT2D eigenvalue weighted by Crippen LogP contribution is 2.15. The zero-order valence-electron chi connectivity index (χ0n) is 12.6. The number of nitriles is 1. The van der Waals surface area contributed by atoms with Crippen molar-refractivity contribution < 1.29 is 9.53 Å². The van der Waals surface area contributed by atoms with Crippen molar-refractivity contribution in [3.05, 3.63) is 0 Å². The van der Waals surface area contributed by atoms with Gasteiger partial charge in [0, 0.05) is 13.1 Å². The molecule has 0 aromatic rings. The van der Waals surface area contributed by atoms with Gasteiger partial charge in [-0.15, -0.1) is 0 Å². The molecular formula is C14H25N3O2. The summed E-state index contributed by atoms with van der Waals surface area (Å²) in [6.45, 7) is 11.5. The highest BCUT2D eigenvalue weighted by Gasteiger charge is 2.31. The molecule has 5 nitrogen and oxygen atoms in total. The molecule has 1 aliphatic heterocycles. The summed E-state index contributed by atoms with van der Waals surface area (Å²) < 4.78 is 5.63. The molecule has 1 saturated heterocycles. The SMILES string of the molecule is CC1CN(CC(=O)NC(C)(C#N)C(C)C)CC(C)O1. The Morgan fingerprint density at radius 2 is 2.00 bits per heavy atom. The van der Waals surface area contributed by atoms with E-state index in [0.29, 0.717) is 6.54 Å². The third-order valence-electron chi connectivity index (χ3n) is 3.65. The largest absolute Gasteiger partial charge is 0.373 e. The minimum absolute atomic E-state index is 0.0731. The Hall–Kier alpha value is -1.12. The van der Waals surface area contributed by atoms with Gasteiger partial charge in [-0.25, -0.2) is 0 Å². The van der Waals surface area contributed by atoms with Gasteiger partial charge in [-0.2, -0.15) is 5.26 Å². The zero-order chi connectivity index (χ0) is 14.6. The summed E-state index contributed by atoms with van der Waals surface area (Å²) in [5, 5.41) is 12.0. The molecular weight excluding hydrogens is 242 g/mol. The molecule has 0 bridgehead atoms. The quantitative estimate of drug-likeness (QED) is 0.830. The van der Waals surface area contributed by atoms with Crippen molar-refractivity contribution in [1.82, 2.24) is 10.2 Å². The van der Waals surface area contributed by atoms with Gasteiger partial charge in [-0.1, -0.05) is 13.8 Å². The molecule has 1 heterocycles. The number of amides is 1. The fraction of sp³-hybridized carbons (Fsp3) is 0.857. The van der Waals surface area contributed by atoms with Crippen molar-refractivity contribution in [2.24, 2.45) is 5.92 Å². The fourth-order valence-corrected chi connectivity index (χ4v) is 2.25. The van der Waals surface area contributed by atoms with Crippen molar-refractivity contribution >= 4 is 5.91 Å². The van der Waals surface area contributed by atoms with Gasteiger partial charge in [-0.05, 0) is 26.7 Å². The molecule has 0 radical (unpaired) electrons. The topological polar surface area (TPSA) is 65.4 Å². The first-order chi connectivity index (χ1) is 8.76. The Kier molecular flexibility index (Phi) is 5.33. The van der Waals surface area contributed by atoms with Crippen LogP contribution >= 0.6 is 0 Å². The molecule has 0 saturated carbocycles. The predicted octanol–water partition coefficient (Wildman–Crippen LogP) is 1.15. The fourth-order valence-electron chi connectivity index (χ4n) is 2.25. The average Bonchev–Trinajstić information content (AvgIpc) is 2.26. The molecule has 5 heteroatoms. The van der Waals surface area contributed by atoms with E-state index in [2.05, 4.69) is 16.3 Å². The summed E-state index contributed by atoms with van der Waals surface area (Å²) in [6, 6.07) is 2.19. The Bertz CT molecular complexity index is 354. The second-order valence-corrected chi connectivity index (χ2v) is 5.97. The smallest absolute Gasteiger partial charge is 0.235 e. The molecule has 108 valence electrons. The number of hydrogen-bond acceptors (Lipinski definition) is 4. The lowest BCUT2D eigenvalue weighted by molar-refractivity contribution is -0.127. The summed E-state index contributed by atoms with van der Waals surface area (Å²) in [5.74, 6) is -0.0250. The van der Waals surface area contributed by atoms with Gasteiger partial charge < -0.3 is 10.1 Å². The number of rotatable bonds is 4. The summed E-state index contributed by atoms with van der Waals surface area (Å²) in [4.78, 5) is 14.1. The molecule has 1 fully saturated rings. The monoisotopic (exact) mass is 267 g/mol. The minimum Gasteiger partial charge on any atom is -0.373 e. The first-order valence-corrected chi connectivity index (χ1v) is 6.87. The number of hydrogen-bond donors (Lipinski definition) is 1. The van der Waals surface area contributed by atoms with E-state index in [4.69, 9.17) is 4.74 Å². The van der Waals surface area contributed by atoms with Gasteiger partial charge in [0.1, 0.15) is 5.54 Å². The number of nitrogens with zero attached hydrogens (tertiary/aromatic N) is 2. The Balaban J connectivity index is 2.54. The van der Waals surface area contributed by atoms with Crippen molar-refractivity contribution in [2.45, 2.75) is 52.4 Å². The molecule has 1 aliphatic rings. The van der Waals surface area contributed by atoms with Crippen molar-refractivity contribution in [3.63, 3.8) is 0 Å². The zero-order valence-corrected chi connectivity index (χ0v) is 12.6. The third kappa shape index (κ3) is 4.48. The molecule has 0 aromatic carbocycles. The molecule has 0 spiro atoms.